The fourth-order valence-electron chi connectivity index (χ4n) is 2.28. The van der Waals surface area contributed by atoms with Crippen LogP contribution < -0.4 is 10.6 Å². The van der Waals surface area contributed by atoms with Crippen LogP contribution in [-0.2, 0) is 24.4 Å². The molecule has 2 rings (SSSR count). The number of guanidine groups is 1. The summed E-state index contributed by atoms with van der Waals surface area (Å²) in [4.78, 5) is 4.60. The van der Waals surface area contributed by atoms with E-state index < -0.39 is 0 Å². The van der Waals surface area contributed by atoms with Crippen LogP contribution in [0.5, 0.6) is 0 Å². The SMILES string of the molecule is CCNC(=NCc1cccc(COC)c1)NCc1ccc(F)cc1. The summed E-state index contributed by atoms with van der Waals surface area (Å²) in [5.41, 5.74) is 3.27. The van der Waals surface area contributed by atoms with Gasteiger partial charge in [-0.3, -0.25) is 0 Å². The zero-order valence-electron chi connectivity index (χ0n) is 14.2. The molecule has 2 aromatic rings. The average Bonchev–Trinajstić information content (AvgIpc) is 2.59. The summed E-state index contributed by atoms with van der Waals surface area (Å²) in [6, 6.07) is 14.6. The molecule has 5 heteroatoms. The van der Waals surface area contributed by atoms with Crippen LogP contribution in [0.3, 0.4) is 0 Å². The Bertz CT molecular complexity index is 656. The number of hydrogen-bond donors (Lipinski definition) is 2. The summed E-state index contributed by atoms with van der Waals surface area (Å²) in [7, 11) is 1.69. The second-order valence-electron chi connectivity index (χ2n) is 5.43. The van der Waals surface area contributed by atoms with Gasteiger partial charge in [-0.05, 0) is 35.7 Å². The van der Waals surface area contributed by atoms with Crippen LogP contribution in [0.1, 0.15) is 23.6 Å². The van der Waals surface area contributed by atoms with Gasteiger partial charge in [-0.1, -0.05) is 36.4 Å². The van der Waals surface area contributed by atoms with Crippen molar-refractivity contribution in [1.29, 1.82) is 0 Å². The first-order chi connectivity index (χ1) is 11.7. The molecule has 4 nitrogen and oxygen atoms in total. The molecule has 0 atom stereocenters. The third kappa shape index (κ3) is 6.01. The van der Waals surface area contributed by atoms with Crippen molar-refractivity contribution < 1.29 is 9.13 Å². The van der Waals surface area contributed by atoms with Gasteiger partial charge in [0.1, 0.15) is 5.82 Å². The normalized spacial score (nSPS) is 11.4. The number of aliphatic imine (C=N–C) groups is 1. The molecule has 0 heterocycles. The number of nitrogens with zero attached hydrogens (tertiary/aromatic N) is 1. The first kappa shape index (κ1) is 17.9. The molecule has 2 N–H and O–H groups in total. The molecule has 0 aliphatic rings. The summed E-state index contributed by atoms with van der Waals surface area (Å²) >= 11 is 0. The van der Waals surface area contributed by atoms with E-state index in [1.54, 1.807) is 19.2 Å². The second-order valence-corrected chi connectivity index (χ2v) is 5.43. The van der Waals surface area contributed by atoms with Gasteiger partial charge in [0, 0.05) is 20.2 Å². The Hall–Kier alpha value is -2.40. The molecule has 0 spiro atoms. The number of halogens is 1. The van der Waals surface area contributed by atoms with Crippen molar-refractivity contribution in [3.63, 3.8) is 0 Å². The number of benzene rings is 2. The largest absolute Gasteiger partial charge is 0.380 e. The number of ether oxygens (including phenoxy) is 1. The molecular formula is C19H24FN3O. The van der Waals surface area contributed by atoms with Crippen molar-refractivity contribution in [3.05, 3.63) is 71.0 Å². The van der Waals surface area contributed by atoms with E-state index in [1.807, 2.05) is 25.1 Å². The third-order valence-corrected chi connectivity index (χ3v) is 3.44. The summed E-state index contributed by atoms with van der Waals surface area (Å²) in [6.45, 7) is 4.57. The quantitative estimate of drug-likeness (QED) is 0.605. The number of nitrogens with one attached hydrogen (secondary N) is 2. The van der Waals surface area contributed by atoms with Crippen LogP contribution in [0, 0.1) is 5.82 Å². The van der Waals surface area contributed by atoms with Gasteiger partial charge in [-0.15, -0.1) is 0 Å². The Labute approximate surface area is 142 Å². The van der Waals surface area contributed by atoms with Crippen molar-refractivity contribution in [2.45, 2.75) is 26.6 Å². The zero-order valence-corrected chi connectivity index (χ0v) is 14.2. The van der Waals surface area contributed by atoms with Crippen molar-refractivity contribution in [2.24, 2.45) is 4.99 Å². The molecule has 0 bridgehead atoms. The molecule has 0 aliphatic carbocycles. The standard InChI is InChI=1S/C19H24FN3O/c1-3-21-19(22-12-15-7-9-18(20)10-8-15)23-13-16-5-4-6-17(11-16)14-24-2/h4-11H,3,12-14H2,1-2H3,(H2,21,22,23). The minimum absolute atomic E-state index is 0.227. The highest BCUT2D eigenvalue weighted by molar-refractivity contribution is 5.79. The fourth-order valence-corrected chi connectivity index (χ4v) is 2.28. The Morgan fingerprint density at radius 2 is 1.79 bits per heavy atom. The van der Waals surface area contributed by atoms with Crippen LogP contribution in [-0.4, -0.2) is 19.6 Å². The second kappa shape index (κ2) is 9.67. The Morgan fingerprint density at radius 3 is 2.50 bits per heavy atom. The van der Waals surface area contributed by atoms with E-state index in [1.165, 1.54) is 12.1 Å². The van der Waals surface area contributed by atoms with E-state index in [9.17, 15) is 4.39 Å². The Morgan fingerprint density at radius 1 is 1.04 bits per heavy atom. The summed E-state index contributed by atoms with van der Waals surface area (Å²) in [6.07, 6.45) is 0. The van der Waals surface area contributed by atoms with Crippen LogP contribution in [0.15, 0.2) is 53.5 Å². The highest BCUT2D eigenvalue weighted by Crippen LogP contribution is 2.08. The molecule has 24 heavy (non-hydrogen) atoms. The van der Waals surface area contributed by atoms with Crippen LogP contribution >= 0.6 is 0 Å². The van der Waals surface area contributed by atoms with Gasteiger partial charge in [-0.2, -0.15) is 0 Å². The summed E-state index contributed by atoms with van der Waals surface area (Å²) in [5, 5.41) is 6.47. The van der Waals surface area contributed by atoms with Crippen LogP contribution in [0.4, 0.5) is 4.39 Å². The minimum Gasteiger partial charge on any atom is -0.380 e. The van der Waals surface area contributed by atoms with Gasteiger partial charge < -0.3 is 15.4 Å². The van der Waals surface area contributed by atoms with E-state index in [2.05, 4.69) is 21.7 Å². The van der Waals surface area contributed by atoms with E-state index in [4.69, 9.17) is 4.74 Å². The highest BCUT2D eigenvalue weighted by Gasteiger charge is 2.00. The lowest BCUT2D eigenvalue weighted by molar-refractivity contribution is 0.185. The minimum atomic E-state index is -0.227. The molecule has 0 saturated heterocycles. The molecule has 0 aliphatic heterocycles. The number of rotatable bonds is 7. The Balaban J connectivity index is 1.96. The van der Waals surface area contributed by atoms with Gasteiger partial charge in [-0.25, -0.2) is 9.38 Å². The molecule has 2 aromatic carbocycles. The van der Waals surface area contributed by atoms with Crippen molar-refractivity contribution in [3.8, 4) is 0 Å². The number of methoxy groups -OCH3 is 1. The summed E-state index contributed by atoms with van der Waals surface area (Å²) in [5.74, 6) is 0.509. The molecule has 0 unspecified atom stereocenters. The van der Waals surface area contributed by atoms with Gasteiger partial charge in [0.15, 0.2) is 5.96 Å². The lowest BCUT2D eigenvalue weighted by Gasteiger charge is -2.11. The smallest absolute Gasteiger partial charge is 0.191 e. The van der Waals surface area contributed by atoms with Crippen LogP contribution in [0.25, 0.3) is 0 Å². The van der Waals surface area contributed by atoms with Crippen molar-refractivity contribution in [1.82, 2.24) is 10.6 Å². The first-order valence-electron chi connectivity index (χ1n) is 8.04. The third-order valence-electron chi connectivity index (χ3n) is 3.44. The van der Waals surface area contributed by atoms with Crippen molar-refractivity contribution in [2.75, 3.05) is 13.7 Å². The maximum Gasteiger partial charge on any atom is 0.191 e. The van der Waals surface area contributed by atoms with E-state index in [0.29, 0.717) is 19.7 Å². The maximum absolute atomic E-state index is 12.9. The predicted octanol–water partition coefficient (Wildman–Crippen LogP) is 3.23. The molecule has 0 fully saturated rings. The number of hydrogen-bond acceptors (Lipinski definition) is 2. The average molecular weight is 329 g/mol. The van der Waals surface area contributed by atoms with E-state index >= 15 is 0 Å². The molecular weight excluding hydrogens is 305 g/mol. The predicted molar refractivity (Wildman–Crippen MR) is 95.2 cm³/mol. The lowest BCUT2D eigenvalue weighted by Crippen LogP contribution is -2.36. The molecule has 0 amide bonds. The first-order valence-corrected chi connectivity index (χ1v) is 8.04. The topological polar surface area (TPSA) is 45.7 Å². The molecule has 0 saturated carbocycles. The Kier molecular flexibility index (Phi) is 7.23. The highest BCUT2D eigenvalue weighted by atomic mass is 19.1. The van der Waals surface area contributed by atoms with Crippen molar-refractivity contribution >= 4 is 5.96 Å². The fraction of sp³-hybridized carbons (Fsp3) is 0.316. The molecule has 0 aromatic heterocycles. The van der Waals surface area contributed by atoms with E-state index in [0.717, 1.165) is 29.2 Å². The van der Waals surface area contributed by atoms with Gasteiger partial charge in [0.05, 0.1) is 13.2 Å². The van der Waals surface area contributed by atoms with Crippen LogP contribution in [0.2, 0.25) is 0 Å². The molecule has 0 radical (unpaired) electrons. The maximum atomic E-state index is 12.9. The monoisotopic (exact) mass is 329 g/mol. The van der Waals surface area contributed by atoms with Gasteiger partial charge >= 0.3 is 0 Å². The summed E-state index contributed by atoms with van der Waals surface area (Å²) < 4.78 is 18.1. The van der Waals surface area contributed by atoms with Gasteiger partial charge in [0.2, 0.25) is 0 Å². The van der Waals surface area contributed by atoms with E-state index in [-0.39, 0.29) is 5.82 Å². The molecule has 128 valence electrons. The lowest BCUT2D eigenvalue weighted by atomic mass is 10.1. The zero-order chi connectivity index (χ0) is 17.2. The van der Waals surface area contributed by atoms with Gasteiger partial charge in [0.25, 0.3) is 0 Å².